The first-order valence-electron chi connectivity index (χ1n) is 9.68. The van der Waals surface area contributed by atoms with Crippen molar-refractivity contribution in [2.24, 2.45) is 7.05 Å². The Morgan fingerprint density at radius 1 is 1.21 bits per heavy atom. The van der Waals surface area contributed by atoms with Crippen molar-refractivity contribution >= 4 is 17.5 Å². The molecule has 0 radical (unpaired) electrons. The summed E-state index contributed by atoms with van der Waals surface area (Å²) in [7, 11) is 1.95. The van der Waals surface area contributed by atoms with Gasteiger partial charge in [0.15, 0.2) is 0 Å². The fraction of sp³-hybridized carbons (Fsp3) is 0.333. The van der Waals surface area contributed by atoms with Crippen molar-refractivity contribution in [3.63, 3.8) is 0 Å². The molecule has 0 bridgehead atoms. The summed E-state index contributed by atoms with van der Waals surface area (Å²) in [4.78, 5) is 15.3. The summed E-state index contributed by atoms with van der Waals surface area (Å²) in [6.07, 6.45) is 1.95. The van der Waals surface area contributed by atoms with Gasteiger partial charge in [-0.1, -0.05) is 17.7 Å². The third-order valence-electron chi connectivity index (χ3n) is 5.02. The number of carbonyl (C=O) groups is 1. The summed E-state index contributed by atoms with van der Waals surface area (Å²) in [5, 5.41) is 8.31. The van der Waals surface area contributed by atoms with Crippen LogP contribution in [0.4, 0.5) is 0 Å². The molecular weight excluding hydrogens is 390 g/mol. The maximum Gasteiger partial charge on any atom is 0.270 e. The van der Waals surface area contributed by atoms with Gasteiger partial charge in [0.25, 0.3) is 5.91 Å². The quantitative estimate of drug-likeness (QED) is 0.674. The summed E-state index contributed by atoms with van der Waals surface area (Å²) in [5.41, 5.74) is 2.89. The molecule has 8 heteroatoms. The van der Waals surface area contributed by atoms with Crippen LogP contribution in [0.5, 0.6) is 0 Å². The lowest BCUT2D eigenvalue weighted by Crippen LogP contribution is -2.41. The molecular formula is C21H24ClN5O2. The van der Waals surface area contributed by atoms with Crippen molar-refractivity contribution in [3.05, 3.63) is 59.4 Å². The van der Waals surface area contributed by atoms with Crippen molar-refractivity contribution in [2.75, 3.05) is 39.4 Å². The Balaban J connectivity index is 1.57. The Kier molecular flexibility index (Phi) is 5.99. The van der Waals surface area contributed by atoms with Crippen LogP contribution in [-0.2, 0) is 11.8 Å². The maximum absolute atomic E-state index is 13.0. The number of rotatable bonds is 6. The van der Waals surface area contributed by atoms with Crippen LogP contribution >= 0.6 is 11.6 Å². The zero-order valence-corrected chi connectivity index (χ0v) is 17.1. The van der Waals surface area contributed by atoms with E-state index in [1.54, 1.807) is 16.8 Å². The standard InChI is InChI=1S/C21H24ClN5O2/c1-25-8-3-6-19(25)18-15-20(27(24-18)17-5-2-4-16(22)14-17)21(28)23-7-9-26-10-12-29-13-11-26/h2-6,8,14-15H,7,9-13H2,1H3,(H,23,28). The zero-order chi connectivity index (χ0) is 20.2. The smallest absolute Gasteiger partial charge is 0.270 e. The SMILES string of the molecule is Cn1cccc1-c1cc(C(=O)NCCN2CCOCC2)n(-c2cccc(Cl)c2)n1. The average Bonchev–Trinajstić information content (AvgIpc) is 3.35. The molecule has 3 heterocycles. The Morgan fingerprint density at radius 3 is 2.76 bits per heavy atom. The van der Waals surface area contributed by atoms with E-state index in [1.807, 2.05) is 48.1 Å². The Labute approximate surface area is 174 Å². The third-order valence-corrected chi connectivity index (χ3v) is 5.25. The summed E-state index contributed by atoms with van der Waals surface area (Å²) >= 11 is 6.17. The van der Waals surface area contributed by atoms with E-state index in [1.165, 1.54) is 0 Å². The van der Waals surface area contributed by atoms with Gasteiger partial charge in [-0.05, 0) is 36.4 Å². The van der Waals surface area contributed by atoms with Crippen LogP contribution < -0.4 is 5.32 Å². The number of aryl methyl sites for hydroxylation is 1. The molecule has 0 saturated carbocycles. The van der Waals surface area contributed by atoms with E-state index >= 15 is 0 Å². The first kappa shape index (κ1) is 19.7. The lowest BCUT2D eigenvalue weighted by atomic mass is 10.2. The molecule has 7 nitrogen and oxygen atoms in total. The number of halogens is 1. The lowest BCUT2D eigenvalue weighted by molar-refractivity contribution is 0.0383. The van der Waals surface area contributed by atoms with Gasteiger partial charge in [-0.3, -0.25) is 9.69 Å². The Hall–Kier alpha value is -2.61. The Bertz CT molecular complexity index is 991. The Morgan fingerprint density at radius 2 is 2.03 bits per heavy atom. The second-order valence-corrected chi connectivity index (χ2v) is 7.46. The van der Waals surface area contributed by atoms with Crippen LogP contribution in [-0.4, -0.2) is 64.5 Å². The van der Waals surface area contributed by atoms with Crippen molar-refractivity contribution in [2.45, 2.75) is 0 Å². The van der Waals surface area contributed by atoms with Gasteiger partial charge in [0.05, 0.1) is 24.6 Å². The first-order valence-corrected chi connectivity index (χ1v) is 10.1. The van der Waals surface area contributed by atoms with Crippen molar-refractivity contribution in [3.8, 4) is 17.1 Å². The van der Waals surface area contributed by atoms with E-state index in [-0.39, 0.29) is 5.91 Å². The number of ether oxygens (including phenoxy) is 1. The minimum atomic E-state index is -0.161. The largest absolute Gasteiger partial charge is 0.379 e. The minimum Gasteiger partial charge on any atom is -0.379 e. The van der Waals surface area contributed by atoms with Crippen LogP contribution in [0.2, 0.25) is 5.02 Å². The number of hydrogen-bond acceptors (Lipinski definition) is 4. The summed E-state index contributed by atoms with van der Waals surface area (Å²) in [6.45, 7) is 4.65. The molecule has 152 valence electrons. The number of carbonyl (C=O) groups excluding carboxylic acids is 1. The molecule has 3 aromatic rings. The molecule has 1 aromatic carbocycles. The predicted octanol–water partition coefficient (Wildman–Crippen LogP) is 2.59. The molecule has 0 unspecified atom stereocenters. The first-order chi connectivity index (χ1) is 14.1. The number of benzene rings is 1. The normalized spacial score (nSPS) is 14.8. The number of amides is 1. The monoisotopic (exact) mass is 413 g/mol. The highest BCUT2D eigenvalue weighted by Crippen LogP contribution is 2.23. The molecule has 1 aliphatic heterocycles. The molecule has 1 amide bonds. The van der Waals surface area contributed by atoms with Gasteiger partial charge >= 0.3 is 0 Å². The van der Waals surface area contributed by atoms with E-state index in [9.17, 15) is 4.79 Å². The molecule has 1 aliphatic rings. The maximum atomic E-state index is 13.0. The molecule has 1 fully saturated rings. The van der Waals surface area contributed by atoms with E-state index in [2.05, 4.69) is 10.2 Å². The highest BCUT2D eigenvalue weighted by atomic mass is 35.5. The molecule has 29 heavy (non-hydrogen) atoms. The molecule has 0 atom stereocenters. The van der Waals surface area contributed by atoms with Crippen LogP contribution in [0, 0.1) is 0 Å². The van der Waals surface area contributed by atoms with Gasteiger partial charge in [0.2, 0.25) is 0 Å². The minimum absolute atomic E-state index is 0.161. The van der Waals surface area contributed by atoms with E-state index in [0.717, 1.165) is 49.9 Å². The zero-order valence-electron chi connectivity index (χ0n) is 16.3. The molecule has 4 rings (SSSR count). The van der Waals surface area contributed by atoms with Gasteiger partial charge in [-0.25, -0.2) is 4.68 Å². The average molecular weight is 414 g/mol. The van der Waals surface area contributed by atoms with Gasteiger partial charge in [-0.2, -0.15) is 5.10 Å². The highest BCUT2D eigenvalue weighted by molar-refractivity contribution is 6.30. The number of morpholine rings is 1. The molecule has 0 aliphatic carbocycles. The van der Waals surface area contributed by atoms with Gasteiger partial charge in [-0.15, -0.1) is 0 Å². The summed E-state index contributed by atoms with van der Waals surface area (Å²) in [6, 6.07) is 13.1. The van der Waals surface area contributed by atoms with Crippen LogP contribution in [0.1, 0.15) is 10.5 Å². The van der Waals surface area contributed by atoms with Crippen LogP contribution in [0.15, 0.2) is 48.7 Å². The van der Waals surface area contributed by atoms with Crippen LogP contribution in [0.3, 0.4) is 0 Å². The summed E-state index contributed by atoms with van der Waals surface area (Å²) < 4.78 is 8.99. The predicted molar refractivity (Wildman–Crippen MR) is 113 cm³/mol. The van der Waals surface area contributed by atoms with E-state index in [0.29, 0.717) is 17.3 Å². The van der Waals surface area contributed by atoms with Gasteiger partial charge in [0, 0.05) is 44.4 Å². The molecule has 1 N–H and O–H groups in total. The second kappa shape index (κ2) is 8.82. The lowest BCUT2D eigenvalue weighted by Gasteiger charge is -2.26. The number of hydrogen-bond donors (Lipinski definition) is 1. The van der Waals surface area contributed by atoms with Gasteiger partial charge in [0.1, 0.15) is 11.4 Å². The number of nitrogens with one attached hydrogen (secondary N) is 1. The van der Waals surface area contributed by atoms with Crippen molar-refractivity contribution in [1.82, 2.24) is 24.6 Å². The third kappa shape index (κ3) is 4.53. The second-order valence-electron chi connectivity index (χ2n) is 7.02. The highest BCUT2D eigenvalue weighted by Gasteiger charge is 2.19. The fourth-order valence-corrected chi connectivity index (χ4v) is 3.63. The number of aromatic nitrogens is 3. The molecule has 2 aromatic heterocycles. The van der Waals surface area contributed by atoms with Crippen molar-refractivity contribution < 1.29 is 9.53 Å². The van der Waals surface area contributed by atoms with Crippen molar-refractivity contribution in [1.29, 1.82) is 0 Å². The molecule has 0 spiro atoms. The topological polar surface area (TPSA) is 64.3 Å². The fourth-order valence-electron chi connectivity index (χ4n) is 3.44. The summed E-state index contributed by atoms with van der Waals surface area (Å²) in [5.74, 6) is -0.161. The molecule has 1 saturated heterocycles. The van der Waals surface area contributed by atoms with E-state index in [4.69, 9.17) is 21.4 Å². The van der Waals surface area contributed by atoms with E-state index < -0.39 is 0 Å². The number of nitrogens with zero attached hydrogens (tertiary/aromatic N) is 4. The van der Waals surface area contributed by atoms with Crippen LogP contribution in [0.25, 0.3) is 17.1 Å². The van der Waals surface area contributed by atoms with Gasteiger partial charge < -0.3 is 14.6 Å².